The van der Waals surface area contributed by atoms with Crippen LogP contribution in [0.15, 0.2) is 10.5 Å². The van der Waals surface area contributed by atoms with Crippen LogP contribution in [0.5, 0.6) is 0 Å². The van der Waals surface area contributed by atoms with Gasteiger partial charge in [0.1, 0.15) is 11.5 Å². The number of aryl methyl sites for hydroxylation is 2. The van der Waals surface area contributed by atoms with Gasteiger partial charge in [0.05, 0.1) is 0 Å². The molecule has 19 heavy (non-hydrogen) atoms. The Morgan fingerprint density at radius 3 is 2.16 bits per heavy atom. The molecule has 0 aromatic carbocycles. The van der Waals surface area contributed by atoms with Crippen molar-refractivity contribution >= 4 is 0 Å². The maximum Gasteiger partial charge on any atom is 0.105 e. The van der Waals surface area contributed by atoms with Crippen molar-refractivity contribution in [2.45, 2.75) is 66.3 Å². The van der Waals surface area contributed by atoms with E-state index in [2.05, 4.69) is 26.8 Å². The van der Waals surface area contributed by atoms with Crippen LogP contribution >= 0.6 is 0 Å². The fraction of sp³-hybridized carbons (Fsp3) is 0.765. The van der Waals surface area contributed by atoms with Crippen molar-refractivity contribution in [3.63, 3.8) is 0 Å². The lowest BCUT2D eigenvalue weighted by molar-refractivity contribution is 0.139. The lowest BCUT2D eigenvalue weighted by Gasteiger charge is -2.38. The van der Waals surface area contributed by atoms with E-state index in [-0.39, 0.29) is 6.04 Å². The number of rotatable bonds is 2. The third kappa shape index (κ3) is 3.22. The van der Waals surface area contributed by atoms with Gasteiger partial charge in [-0.25, -0.2) is 0 Å². The summed E-state index contributed by atoms with van der Waals surface area (Å²) in [5, 5.41) is 0. The fourth-order valence-electron chi connectivity index (χ4n) is 3.58. The van der Waals surface area contributed by atoms with Gasteiger partial charge in [0.25, 0.3) is 0 Å². The second-order valence-electron chi connectivity index (χ2n) is 7.37. The summed E-state index contributed by atoms with van der Waals surface area (Å²) in [4.78, 5) is 0. The highest BCUT2D eigenvalue weighted by Gasteiger charge is 2.33. The molecule has 2 nitrogen and oxygen atoms in total. The highest BCUT2D eigenvalue weighted by atomic mass is 16.3. The second kappa shape index (κ2) is 5.32. The van der Waals surface area contributed by atoms with E-state index in [1.54, 1.807) is 0 Å². The van der Waals surface area contributed by atoms with Crippen molar-refractivity contribution in [2.24, 2.45) is 23.0 Å². The van der Waals surface area contributed by atoms with E-state index in [1.165, 1.54) is 31.2 Å². The molecule has 1 heterocycles. The van der Waals surface area contributed by atoms with Crippen LogP contribution in [0.1, 0.15) is 69.6 Å². The van der Waals surface area contributed by atoms with Crippen molar-refractivity contribution in [2.75, 3.05) is 0 Å². The van der Waals surface area contributed by atoms with E-state index in [9.17, 15) is 0 Å². The molecule has 108 valence electrons. The summed E-state index contributed by atoms with van der Waals surface area (Å²) >= 11 is 0. The molecule has 1 saturated carbocycles. The Hall–Kier alpha value is -0.760. The topological polar surface area (TPSA) is 39.2 Å². The van der Waals surface area contributed by atoms with Crippen LogP contribution in [-0.2, 0) is 0 Å². The largest absolute Gasteiger partial charge is 0.466 e. The monoisotopic (exact) mass is 263 g/mol. The third-order valence-electron chi connectivity index (χ3n) is 4.94. The van der Waals surface area contributed by atoms with Gasteiger partial charge >= 0.3 is 0 Å². The zero-order valence-corrected chi connectivity index (χ0v) is 13.1. The Morgan fingerprint density at radius 2 is 1.74 bits per heavy atom. The molecule has 2 N–H and O–H groups in total. The van der Waals surface area contributed by atoms with Gasteiger partial charge in [-0.05, 0) is 62.8 Å². The van der Waals surface area contributed by atoms with Crippen molar-refractivity contribution in [1.29, 1.82) is 0 Å². The van der Waals surface area contributed by atoms with E-state index in [0.29, 0.717) is 11.3 Å². The van der Waals surface area contributed by atoms with Crippen molar-refractivity contribution in [3.05, 3.63) is 23.2 Å². The third-order valence-corrected chi connectivity index (χ3v) is 4.94. The summed E-state index contributed by atoms with van der Waals surface area (Å²) in [6, 6.07) is 2.27. The minimum absolute atomic E-state index is 0.151. The average Bonchev–Trinajstić information content (AvgIpc) is 2.66. The molecule has 0 saturated heterocycles. The van der Waals surface area contributed by atoms with Crippen LogP contribution in [0.25, 0.3) is 0 Å². The van der Waals surface area contributed by atoms with Gasteiger partial charge in [-0.15, -0.1) is 0 Å². The normalized spacial score (nSPS) is 26.4. The van der Waals surface area contributed by atoms with Crippen molar-refractivity contribution in [1.82, 2.24) is 0 Å². The van der Waals surface area contributed by atoms with E-state index in [1.807, 2.05) is 13.8 Å². The highest BCUT2D eigenvalue weighted by molar-refractivity contribution is 5.24. The molecule has 1 aliphatic carbocycles. The molecule has 0 amide bonds. The van der Waals surface area contributed by atoms with E-state index < -0.39 is 0 Å². The Labute approximate surface area is 117 Å². The fourth-order valence-corrected chi connectivity index (χ4v) is 3.58. The van der Waals surface area contributed by atoms with E-state index in [4.69, 9.17) is 10.2 Å². The summed E-state index contributed by atoms with van der Waals surface area (Å²) in [6.45, 7) is 11.1. The lowest BCUT2D eigenvalue weighted by Crippen LogP contribution is -2.30. The summed E-state index contributed by atoms with van der Waals surface area (Å²) in [6.07, 6.45) is 5.15. The predicted octanol–water partition coefficient (Wildman–Crippen LogP) is 4.75. The van der Waals surface area contributed by atoms with Gasteiger partial charge in [-0.1, -0.05) is 20.8 Å². The molecule has 0 aliphatic heterocycles. The predicted molar refractivity (Wildman–Crippen MR) is 80.0 cm³/mol. The minimum Gasteiger partial charge on any atom is -0.466 e. The Morgan fingerprint density at radius 1 is 1.16 bits per heavy atom. The molecule has 1 aliphatic rings. The average molecular weight is 263 g/mol. The number of hydrogen-bond acceptors (Lipinski definition) is 2. The molecular formula is C17H29NO. The summed E-state index contributed by atoms with van der Waals surface area (Å²) in [5.41, 5.74) is 8.14. The Bertz CT molecular complexity index is 419. The minimum atomic E-state index is 0.151. The first-order chi connectivity index (χ1) is 8.79. The maximum atomic E-state index is 6.48. The van der Waals surface area contributed by atoms with Gasteiger partial charge in [0.15, 0.2) is 0 Å². The first-order valence-corrected chi connectivity index (χ1v) is 7.61. The molecule has 1 atom stereocenters. The van der Waals surface area contributed by atoms with Crippen LogP contribution in [0.2, 0.25) is 0 Å². The van der Waals surface area contributed by atoms with Crippen LogP contribution in [0, 0.1) is 31.1 Å². The van der Waals surface area contributed by atoms with E-state index in [0.717, 1.165) is 17.4 Å². The molecule has 1 aromatic heterocycles. The number of nitrogens with two attached hydrogens (primary N) is 1. The lowest BCUT2D eigenvalue weighted by atomic mass is 9.68. The second-order valence-corrected chi connectivity index (χ2v) is 7.37. The van der Waals surface area contributed by atoms with Crippen LogP contribution in [0.4, 0.5) is 0 Å². The maximum absolute atomic E-state index is 6.48. The molecule has 2 heteroatoms. The zero-order chi connectivity index (χ0) is 14.2. The summed E-state index contributed by atoms with van der Waals surface area (Å²) in [7, 11) is 0. The Kier molecular flexibility index (Phi) is 4.10. The molecule has 1 fully saturated rings. The molecule has 1 unspecified atom stereocenters. The van der Waals surface area contributed by atoms with Crippen molar-refractivity contribution in [3.8, 4) is 0 Å². The van der Waals surface area contributed by atoms with Gasteiger partial charge < -0.3 is 10.2 Å². The van der Waals surface area contributed by atoms with Crippen LogP contribution < -0.4 is 5.73 Å². The molecule has 0 radical (unpaired) electrons. The summed E-state index contributed by atoms with van der Waals surface area (Å²) < 4.78 is 5.62. The standard InChI is InChI=1S/C17H29NO/c1-11-10-15(12(2)19-11)16(18)13-6-8-14(9-7-13)17(3,4)5/h10,13-14,16H,6-9,18H2,1-5H3. The quantitative estimate of drug-likeness (QED) is 0.836. The zero-order valence-electron chi connectivity index (χ0n) is 13.1. The first kappa shape index (κ1) is 14.6. The van der Waals surface area contributed by atoms with Gasteiger partial charge in [-0.2, -0.15) is 0 Å². The van der Waals surface area contributed by atoms with Crippen LogP contribution in [0.3, 0.4) is 0 Å². The molecule has 2 rings (SSSR count). The Balaban J connectivity index is 2.00. The molecule has 1 aromatic rings. The van der Waals surface area contributed by atoms with Gasteiger partial charge in [0, 0.05) is 11.6 Å². The smallest absolute Gasteiger partial charge is 0.105 e. The van der Waals surface area contributed by atoms with E-state index >= 15 is 0 Å². The SMILES string of the molecule is Cc1cc(C(N)C2CCC(C(C)(C)C)CC2)c(C)o1. The number of hydrogen-bond donors (Lipinski definition) is 1. The summed E-state index contributed by atoms with van der Waals surface area (Å²) in [5.74, 6) is 3.45. The molecular weight excluding hydrogens is 234 g/mol. The van der Waals surface area contributed by atoms with Gasteiger partial charge in [0.2, 0.25) is 0 Å². The van der Waals surface area contributed by atoms with Gasteiger partial charge in [-0.3, -0.25) is 0 Å². The number of furan rings is 1. The highest BCUT2D eigenvalue weighted by Crippen LogP contribution is 2.43. The van der Waals surface area contributed by atoms with Crippen molar-refractivity contribution < 1.29 is 4.42 Å². The first-order valence-electron chi connectivity index (χ1n) is 7.61. The molecule has 0 spiro atoms. The van der Waals surface area contributed by atoms with Crippen LogP contribution in [-0.4, -0.2) is 0 Å². The molecule has 0 bridgehead atoms.